The van der Waals surface area contributed by atoms with Gasteiger partial charge in [0.25, 0.3) is 0 Å². The molecule has 18 heavy (non-hydrogen) atoms. The molecule has 0 amide bonds. The van der Waals surface area contributed by atoms with E-state index < -0.39 is 0 Å². The first-order valence-electron chi connectivity index (χ1n) is 5.20. The van der Waals surface area contributed by atoms with E-state index in [-0.39, 0.29) is 10.8 Å². The lowest BCUT2D eigenvalue weighted by atomic mass is 10.1. The fourth-order valence-electron chi connectivity index (χ4n) is 1.89. The van der Waals surface area contributed by atoms with Crippen LogP contribution in [0, 0.1) is 0 Å². The summed E-state index contributed by atoms with van der Waals surface area (Å²) in [4.78, 5) is 13.9. The minimum absolute atomic E-state index is 0.0651. The number of nitrogens with one attached hydrogen (secondary N) is 1. The van der Waals surface area contributed by atoms with Crippen LogP contribution in [0.4, 0.5) is 0 Å². The molecule has 0 aliphatic carbocycles. The molecule has 0 aliphatic heterocycles. The van der Waals surface area contributed by atoms with E-state index in [2.05, 4.69) is 20.9 Å². The van der Waals surface area contributed by atoms with Crippen LogP contribution in [0.1, 0.15) is 10.4 Å². The summed E-state index contributed by atoms with van der Waals surface area (Å²) in [5.41, 5.74) is 1.70. The molecule has 2 heterocycles. The quantitative estimate of drug-likeness (QED) is 0.760. The van der Waals surface area contributed by atoms with Gasteiger partial charge in [-0.05, 0) is 18.2 Å². The Kier molecular flexibility index (Phi) is 2.76. The Balaban J connectivity index is 2.12. The smallest absolute Gasteiger partial charge is 0.307 e. The lowest BCUT2D eigenvalue weighted by Gasteiger charge is -2.02. The predicted molar refractivity (Wildman–Crippen MR) is 73.3 cm³/mol. The van der Waals surface area contributed by atoms with Crippen LogP contribution in [-0.4, -0.2) is 10.1 Å². The van der Waals surface area contributed by atoms with E-state index in [1.807, 2.05) is 18.2 Å². The van der Waals surface area contributed by atoms with E-state index in [9.17, 15) is 9.90 Å². The van der Waals surface area contributed by atoms with Crippen LogP contribution in [0.3, 0.4) is 0 Å². The maximum atomic E-state index is 11.2. The van der Waals surface area contributed by atoms with Crippen molar-refractivity contribution in [2.75, 3.05) is 0 Å². The van der Waals surface area contributed by atoms with Gasteiger partial charge in [-0.1, -0.05) is 27.3 Å². The molecular weight excluding hydrogens is 318 g/mol. The van der Waals surface area contributed by atoms with Crippen LogP contribution in [0.25, 0.3) is 11.0 Å². The number of aromatic amines is 1. The Morgan fingerprint density at radius 3 is 3.00 bits per heavy atom. The Morgan fingerprint density at radius 1 is 1.44 bits per heavy atom. The zero-order chi connectivity index (χ0) is 12.7. The first-order chi connectivity index (χ1) is 8.63. The van der Waals surface area contributed by atoms with Crippen LogP contribution in [0.5, 0.6) is 5.88 Å². The van der Waals surface area contributed by atoms with Crippen molar-refractivity contribution in [3.8, 4) is 5.88 Å². The van der Waals surface area contributed by atoms with Gasteiger partial charge in [0.05, 0.1) is 11.1 Å². The Morgan fingerprint density at radius 2 is 2.28 bits per heavy atom. The molecular formula is C12H8BrNO3S. The second-order valence-electron chi connectivity index (χ2n) is 3.87. The Bertz CT molecular complexity index is 771. The number of hydrogen-bond acceptors (Lipinski definition) is 4. The predicted octanol–water partition coefficient (Wildman–Crippen LogP) is 3.24. The summed E-state index contributed by atoms with van der Waals surface area (Å²) in [6.07, 6.45) is 2.08. The highest BCUT2D eigenvalue weighted by Crippen LogP contribution is 2.29. The summed E-state index contributed by atoms with van der Waals surface area (Å²) < 4.78 is 6.38. The normalized spacial score (nSPS) is 11.2. The number of H-pyrrole nitrogens is 1. The molecule has 1 aromatic carbocycles. The van der Waals surface area contributed by atoms with Crippen LogP contribution in [0.15, 0.2) is 38.1 Å². The number of benzene rings is 1. The molecule has 2 aromatic heterocycles. The van der Waals surface area contributed by atoms with Crippen LogP contribution in [0.2, 0.25) is 0 Å². The molecule has 6 heteroatoms. The third kappa shape index (κ3) is 1.97. The van der Waals surface area contributed by atoms with Gasteiger partial charge >= 0.3 is 4.87 Å². The minimum Gasteiger partial charge on any atom is -0.494 e. The highest BCUT2D eigenvalue weighted by molar-refractivity contribution is 9.10. The number of thiazole rings is 1. The van der Waals surface area contributed by atoms with Gasteiger partial charge in [-0.15, -0.1) is 0 Å². The molecule has 0 fully saturated rings. The maximum Gasteiger partial charge on any atom is 0.307 e. The van der Waals surface area contributed by atoms with Gasteiger partial charge in [0.2, 0.25) is 5.88 Å². The largest absolute Gasteiger partial charge is 0.494 e. The summed E-state index contributed by atoms with van der Waals surface area (Å²) in [6, 6.07) is 5.76. The monoisotopic (exact) mass is 325 g/mol. The molecule has 2 N–H and O–H groups in total. The van der Waals surface area contributed by atoms with Crippen molar-refractivity contribution in [1.82, 2.24) is 4.98 Å². The lowest BCUT2D eigenvalue weighted by molar-refractivity contribution is 0.451. The molecule has 0 unspecified atom stereocenters. The van der Waals surface area contributed by atoms with E-state index in [0.29, 0.717) is 11.3 Å². The van der Waals surface area contributed by atoms with Crippen LogP contribution in [-0.2, 0) is 6.42 Å². The van der Waals surface area contributed by atoms with E-state index in [1.54, 1.807) is 6.26 Å². The molecule has 0 aliphatic rings. The van der Waals surface area contributed by atoms with Gasteiger partial charge in [0, 0.05) is 21.8 Å². The van der Waals surface area contributed by atoms with Crippen molar-refractivity contribution in [3.63, 3.8) is 0 Å². The van der Waals surface area contributed by atoms with E-state index in [1.165, 1.54) is 0 Å². The van der Waals surface area contributed by atoms with E-state index in [4.69, 9.17) is 4.42 Å². The molecule has 92 valence electrons. The third-order valence-corrected chi connectivity index (χ3v) is 3.97. The molecule has 3 rings (SSSR count). The fourth-order valence-corrected chi connectivity index (χ4v) is 3.16. The summed E-state index contributed by atoms with van der Waals surface area (Å²) in [5.74, 6) is -0.0651. The number of hydrogen-bond donors (Lipinski definition) is 2. The van der Waals surface area contributed by atoms with Crippen molar-refractivity contribution in [3.05, 3.63) is 49.0 Å². The summed E-state index contributed by atoms with van der Waals surface area (Å²) in [7, 11) is 0. The van der Waals surface area contributed by atoms with Gasteiger partial charge in [-0.3, -0.25) is 9.78 Å². The molecule has 0 saturated heterocycles. The fraction of sp³-hybridized carbons (Fsp3) is 0.0833. The van der Waals surface area contributed by atoms with Crippen LogP contribution < -0.4 is 4.87 Å². The summed E-state index contributed by atoms with van der Waals surface area (Å²) in [5, 5.41) is 10.6. The van der Waals surface area contributed by atoms with Gasteiger partial charge in [0.1, 0.15) is 5.58 Å². The second-order valence-corrected chi connectivity index (χ2v) is 5.85. The third-order valence-electron chi connectivity index (χ3n) is 2.64. The number of aromatic hydroxyl groups is 1. The van der Waals surface area contributed by atoms with Crippen molar-refractivity contribution < 1.29 is 9.52 Å². The highest BCUT2D eigenvalue weighted by atomic mass is 79.9. The van der Waals surface area contributed by atoms with E-state index in [0.717, 1.165) is 32.3 Å². The first kappa shape index (κ1) is 11.6. The van der Waals surface area contributed by atoms with Crippen molar-refractivity contribution in [1.29, 1.82) is 0 Å². The Hall–Kier alpha value is -1.53. The topological polar surface area (TPSA) is 66.2 Å². The standard InChI is InChI=1S/C12H8BrNO3S/c13-8-3-6-1-2-17-10(6)7(4-8)5-9-11(15)14-12(16)18-9/h1-4,15H,5H2,(H,14,16). The van der Waals surface area contributed by atoms with Gasteiger partial charge in [-0.2, -0.15) is 0 Å². The van der Waals surface area contributed by atoms with Crippen molar-refractivity contribution >= 4 is 38.2 Å². The molecule has 0 saturated carbocycles. The average molecular weight is 326 g/mol. The summed E-state index contributed by atoms with van der Waals surface area (Å²) >= 11 is 4.44. The number of furan rings is 1. The molecule has 3 aromatic rings. The molecule has 0 bridgehead atoms. The summed E-state index contributed by atoms with van der Waals surface area (Å²) in [6.45, 7) is 0. The zero-order valence-electron chi connectivity index (χ0n) is 9.07. The average Bonchev–Trinajstić information content (AvgIpc) is 2.86. The van der Waals surface area contributed by atoms with Crippen molar-refractivity contribution in [2.45, 2.75) is 6.42 Å². The number of rotatable bonds is 2. The second kappa shape index (κ2) is 4.29. The zero-order valence-corrected chi connectivity index (χ0v) is 11.5. The molecule has 0 radical (unpaired) electrons. The number of fused-ring (bicyclic) bond motifs is 1. The van der Waals surface area contributed by atoms with Gasteiger partial charge < -0.3 is 9.52 Å². The molecule has 4 nitrogen and oxygen atoms in total. The number of halogens is 1. The SMILES string of the molecule is O=c1[nH]c(O)c(Cc2cc(Br)cc3ccoc23)s1. The van der Waals surface area contributed by atoms with E-state index >= 15 is 0 Å². The molecule has 0 atom stereocenters. The minimum atomic E-state index is -0.256. The van der Waals surface area contributed by atoms with Crippen LogP contribution >= 0.6 is 27.3 Å². The molecule has 0 spiro atoms. The first-order valence-corrected chi connectivity index (χ1v) is 6.81. The maximum absolute atomic E-state index is 11.2. The Labute approximate surface area is 114 Å². The van der Waals surface area contributed by atoms with Gasteiger partial charge in [0.15, 0.2) is 0 Å². The van der Waals surface area contributed by atoms with Gasteiger partial charge in [-0.25, -0.2) is 0 Å². The van der Waals surface area contributed by atoms with Crippen molar-refractivity contribution in [2.24, 2.45) is 0 Å². The highest BCUT2D eigenvalue weighted by Gasteiger charge is 2.12. The lowest BCUT2D eigenvalue weighted by Crippen LogP contribution is -1.89. The number of aromatic nitrogens is 1.